The topological polar surface area (TPSA) is 109 Å². The monoisotopic (exact) mass is 292 g/mol. The molecule has 0 aromatic heterocycles. The Kier molecular flexibility index (Phi) is 6.22. The molecule has 1 aliphatic rings. The lowest BCUT2D eigenvalue weighted by molar-refractivity contribution is -0.123. The van der Waals surface area contributed by atoms with Crippen molar-refractivity contribution in [1.29, 1.82) is 0 Å². The fourth-order valence-electron chi connectivity index (χ4n) is 2.38. The van der Waals surface area contributed by atoms with E-state index in [2.05, 4.69) is 5.32 Å². The Morgan fingerprint density at radius 1 is 1.42 bits per heavy atom. The van der Waals surface area contributed by atoms with Crippen molar-refractivity contribution in [3.63, 3.8) is 0 Å². The molecule has 0 saturated heterocycles. The quantitative estimate of drug-likeness (QED) is 0.606. The lowest BCUT2D eigenvalue weighted by atomic mass is 9.85. The van der Waals surface area contributed by atoms with Gasteiger partial charge in [-0.2, -0.15) is 0 Å². The van der Waals surface area contributed by atoms with Crippen LogP contribution in [0.25, 0.3) is 0 Å². The van der Waals surface area contributed by atoms with Crippen molar-refractivity contribution in [2.24, 2.45) is 11.7 Å². The second kappa shape index (κ2) is 7.21. The number of hydrogen-bond donors (Lipinski definition) is 3. The van der Waals surface area contributed by atoms with Gasteiger partial charge in [-0.15, -0.1) is 0 Å². The molecule has 0 aromatic rings. The first-order valence-electron chi connectivity index (χ1n) is 6.68. The molecule has 0 heterocycles. The summed E-state index contributed by atoms with van der Waals surface area (Å²) in [6.07, 6.45) is 5.09. The standard InChI is InChI=1S/C12H24N2O4S/c1-19(17,18)7-6-10(13)12(16)14-11-5-3-2-4-9(11)8-15/h9-11,15H,2-8,13H2,1H3,(H,14,16). The molecule has 4 N–H and O–H groups in total. The van der Waals surface area contributed by atoms with Crippen LogP contribution in [0.2, 0.25) is 0 Å². The van der Waals surface area contributed by atoms with Crippen LogP contribution in [0.1, 0.15) is 32.1 Å². The lowest BCUT2D eigenvalue weighted by Crippen LogP contribution is -2.50. The first kappa shape index (κ1) is 16.4. The van der Waals surface area contributed by atoms with E-state index < -0.39 is 15.9 Å². The molecule has 1 aliphatic carbocycles. The third-order valence-corrected chi connectivity index (χ3v) is 4.58. The van der Waals surface area contributed by atoms with Gasteiger partial charge in [-0.3, -0.25) is 4.79 Å². The van der Waals surface area contributed by atoms with Crippen molar-refractivity contribution < 1.29 is 18.3 Å². The number of rotatable bonds is 6. The first-order chi connectivity index (χ1) is 8.83. The summed E-state index contributed by atoms with van der Waals surface area (Å²) in [5, 5.41) is 12.1. The average Bonchev–Trinajstić information content (AvgIpc) is 2.35. The Bertz CT molecular complexity index is 397. The number of nitrogens with two attached hydrogens (primary N) is 1. The number of sulfone groups is 1. The van der Waals surface area contributed by atoms with Crippen molar-refractivity contribution >= 4 is 15.7 Å². The summed E-state index contributed by atoms with van der Waals surface area (Å²) in [5.41, 5.74) is 5.69. The van der Waals surface area contributed by atoms with Gasteiger partial charge in [0.15, 0.2) is 0 Å². The minimum absolute atomic E-state index is 0.0458. The molecule has 0 spiro atoms. The van der Waals surface area contributed by atoms with E-state index in [-0.39, 0.29) is 36.6 Å². The number of aliphatic hydroxyl groups excluding tert-OH is 1. The number of nitrogens with one attached hydrogen (secondary N) is 1. The highest BCUT2D eigenvalue weighted by atomic mass is 32.2. The van der Waals surface area contributed by atoms with Gasteiger partial charge in [-0.1, -0.05) is 12.8 Å². The van der Waals surface area contributed by atoms with Gasteiger partial charge < -0.3 is 16.2 Å². The van der Waals surface area contributed by atoms with Gasteiger partial charge in [0.1, 0.15) is 9.84 Å². The molecule has 0 bridgehead atoms. The predicted molar refractivity (Wildman–Crippen MR) is 73.3 cm³/mol. The summed E-state index contributed by atoms with van der Waals surface area (Å²) < 4.78 is 22.1. The van der Waals surface area contributed by atoms with Gasteiger partial charge >= 0.3 is 0 Å². The van der Waals surface area contributed by atoms with Gasteiger partial charge in [0, 0.05) is 24.8 Å². The molecule has 112 valence electrons. The molecule has 3 atom stereocenters. The van der Waals surface area contributed by atoms with E-state index in [1.54, 1.807) is 0 Å². The first-order valence-corrected chi connectivity index (χ1v) is 8.74. The lowest BCUT2D eigenvalue weighted by Gasteiger charge is -2.31. The molecule has 1 rings (SSSR count). The Morgan fingerprint density at radius 3 is 2.63 bits per heavy atom. The van der Waals surface area contributed by atoms with Crippen LogP contribution in [0.4, 0.5) is 0 Å². The van der Waals surface area contributed by atoms with Gasteiger partial charge in [0.05, 0.1) is 11.8 Å². The number of amides is 1. The zero-order valence-corrected chi connectivity index (χ0v) is 12.2. The Morgan fingerprint density at radius 2 is 2.05 bits per heavy atom. The minimum atomic E-state index is -3.10. The molecule has 7 heteroatoms. The van der Waals surface area contributed by atoms with Crippen molar-refractivity contribution in [3.05, 3.63) is 0 Å². The molecule has 1 amide bonds. The Balaban J connectivity index is 2.44. The second-order valence-electron chi connectivity index (χ2n) is 5.37. The average molecular weight is 292 g/mol. The number of aliphatic hydroxyl groups is 1. The van der Waals surface area contributed by atoms with E-state index in [0.29, 0.717) is 0 Å². The Labute approximate surface area is 114 Å². The largest absolute Gasteiger partial charge is 0.396 e. The highest BCUT2D eigenvalue weighted by molar-refractivity contribution is 7.90. The summed E-state index contributed by atoms with van der Waals surface area (Å²) >= 11 is 0. The van der Waals surface area contributed by atoms with E-state index in [9.17, 15) is 18.3 Å². The molecule has 0 radical (unpaired) electrons. The fourth-order valence-corrected chi connectivity index (χ4v) is 3.06. The van der Waals surface area contributed by atoms with Crippen molar-refractivity contribution in [1.82, 2.24) is 5.32 Å². The highest BCUT2D eigenvalue weighted by Crippen LogP contribution is 2.23. The van der Waals surface area contributed by atoms with Crippen molar-refractivity contribution in [2.45, 2.75) is 44.2 Å². The summed E-state index contributed by atoms with van der Waals surface area (Å²) in [7, 11) is -3.10. The number of carbonyl (C=O) groups excluding carboxylic acids is 1. The van der Waals surface area contributed by atoms with Crippen LogP contribution in [0.3, 0.4) is 0 Å². The van der Waals surface area contributed by atoms with E-state index >= 15 is 0 Å². The zero-order valence-electron chi connectivity index (χ0n) is 11.3. The van der Waals surface area contributed by atoms with Crippen molar-refractivity contribution in [2.75, 3.05) is 18.6 Å². The molecule has 3 unspecified atom stereocenters. The van der Waals surface area contributed by atoms with Crippen LogP contribution in [0.15, 0.2) is 0 Å². The second-order valence-corrected chi connectivity index (χ2v) is 7.63. The summed E-state index contributed by atoms with van der Waals surface area (Å²) in [6.45, 7) is 0.0591. The summed E-state index contributed by atoms with van der Waals surface area (Å²) in [6, 6.07) is -0.855. The summed E-state index contributed by atoms with van der Waals surface area (Å²) in [5.74, 6) is -0.329. The van der Waals surface area contributed by atoms with Crippen LogP contribution in [-0.4, -0.2) is 50.1 Å². The minimum Gasteiger partial charge on any atom is -0.396 e. The normalized spacial score (nSPS) is 25.8. The smallest absolute Gasteiger partial charge is 0.237 e. The van der Waals surface area contributed by atoms with Gasteiger partial charge in [0.25, 0.3) is 0 Å². The van der Waals surface area contributed by atoms with Crippen LogP contribution in [0, 0.1) is 5.92 Å². The third kappa shape index (κ3) is 5.88. The molecule has 6 nitrogen and oxygen atoms in total. The SMILES string of the molecule is CS(=O)(=O)CCC(N)C(=O)NC1CCCCC1CO. The summed E-state index contributed by atoms with van der Waals surface area (Å²) in [4.78, 5) is 11.9. The van der Waals surface area contributed by atoms with E-state index in [1.807, 2.05) is 0 Å². The van der Waals surface area contributed by atoms with Crippen LogP contribution < -0.4 is 11.1 Å². The number of hydrogen-bond acceptors (Lipinski definition) is 5. The molecule has 0 aromatic carbocycles. The molecule has 19 heavy (non-hydrogen) atoms. The highest BCUT2D eigenvalue weighted by Gasteiger charge is 2.27. The Hall–Kier alpha value is -0.660. The van der Waals surface area contributed by atoms with E-state index in [1.165, 1.54) is 0 Å². The van der Waals surface area contributed by atoms with Crippen LogP contribution in [0.5, 0.6) is 0 Å². The maximum absolute atomic E-state index is 11.9. The molecule has 1 saturated carbocycles. The molecule has 0 aliphatic heterocycles. The number of carbonyl (C=O) groups is 1. The van der Waals surface area contributed by atoms with E-state index in [4.69, 9.17) is 5.73 Å². The molecular formula is C12H24N2O4S. The third-order valence-electron chi connectivity index (χ3n) is 3.61. The van der Waals surface area contributed by atoms with Gasteiger partial charge in [0.2, 0.25) is 5.91 Å². The molecule has 1 fully saturated rings. The van der Waals surface area contributed by atoms with Gasteiger partial charge in [-0.25, -0.2) is 8.42 Å². The maximum atomic E-state index is 11.9. The zero-order chi connectivity index (χ0) is 14.5. The molecular weight excluding hydrogens is 268 g/mol. The predicted octanol–water partition coefficient (Wildman–Crippen LogP) is -0.584. The van der Waals surface area contributed by atoms with Crippen LogP contribution >= 0.6 is 0 Å². The van der Waals surface area contributed by atoms with Crippen molar-refractivity contribution in [3.8, 4) is 0 Å². The van der Waals surface area contributed by atoms with E-state index in [0.717, 1.165) is 31.9 Å². The van der Waals surface area contributed by atoms with Gasteiger partial charge in [-0.05, 0) is 19.3 Å². The maximum Gasteiger partial charge on any atom is 0.237 e. The fraction of sp³-hybridized carbons (Fsp3) is 0.917. The van der Waals surface area contributed by atoms with Crippen LogP contribution in [-0.2, 0) is 14.6 Å².